The quantitative estimate of drug-likeness (QED) is 0.756. The summed E-state index contributed by atoms with van der Waals surface area (Å²) >= 11 is 0. The van der Waals surface area contributed by atoms with E-state index in [0.717, 1.165) is 32.1 Å². The number of amidine groups is 1. The van der Waals surface area contributed by atoms with Crippen molar-refractivity contribution >= 4 is 5.84 Å². The normalized spacial score (nSPS) is 25.8. The molecule has 0 amide bonds. The van der Waals surface area contributed by atoms with Crippen molar-refractivity contribution in [1.82, 2.24) is 5.32 Å². The maximum Gasteiger partial charge on any atom is 0.0965 e. The lowest BCUT2D eigenvalue weighted by Crippen LogP contribution is -2.41. The molecule has 0 spiro atoms. The van der Waals surface area contributed by atoms with Gasteiger partial charge in [-0.1, -0.05) is 0 Å². The summed E-state index contributed by atoms with van der Waals surface area (Å²) in [5.74, 6) is 2.00. The fourth-order valence-electron chi connectivity index (χ4n) is 2.41. The van der Waals surface area contributed by atoms with Crippen molar-refractivity contribution in [2.45, 2.75) is 45.1 Å². The second-order valence-corrected chi connectivity index (χ2v) is 4.67. The van der Waals surface area contributed by atoms with Crippen LogP contribution in [0.1, 0.15) is 39.0 Å². The van der Waals surface area contributed by atoms with E-state index in [-0.39, 0.29) is 0 Å². The number of nitrogens with zero attached hydrogens (tertiary/aromatic N) is 1. The molecule has 3 nitrogen and oxygen atoms in total. The van der Waals surface area contributed by atoms with Gasteiger partial charge in [0.15, 0.2) is 0 Å². The molecule has 1 N–H and O–H groups in total. The molecule has 1 atom stereocenters. The minimum absolute atomic E-state index is 0.561. The fourth-order valence-corrected chi connectivity index (χ4v) is 2.41. The fraction of sp³-hybridized carbons (Fsp3) is 0.917. The number of aliphatic imine (C=N–C) groups is 1. The molecule has 0 saturated carbocycles. The molecule has 0 radical (unpaired) electrons. The first-order valence-corrected chi connectivity index (χ1v) is 6.24. The summed E-state index contributed by atoms with van der Waals surface area (Å²) in [6.07, 6.45) is 6.10. The van der Waals surface area contributed by atoms with Crippen LogP contribution in [0.5, 0.6) is 0 Å². The zero-order valence-electron chi connectivity index (χ0n) is 9.67. The lowest BCUT2D eigenvalue weighted by molar-refractivity contribution is 0.0581. The Hall–Kier alpha value is -0.570. The Bertz CT molecular complexity index is 222. The molecular weight excluding hydrogens is 188 g/mol. The SMILES string of the molecule is CC(NC1=NCCCC1)C1CCOCC1. The molecule has 2 aliphatic rings. The predicted octanol–water partition coefficient (Wildman–Crippen LogP) is 1.97. The highest BCUT2D eigenvalue weighted by molar-refractivity contribution is 5.82. The topological polar surface area (TPSA) is 33.6 Å². The van der Waals surface area contributed by atoms with Gasteiger partial charge in [0.05, 0.1) is 5.84 Å². The molecule has 1 fully saturated rings. The lowest BCUT2D eigenvalue weighted by Gasteiger charge is -2.30. The number of rotatable bonds is 2. The van der Waals surface area contributed by atoms with Crippen molar-refractivity contribution in [1.29, 1.82) is 0 Å². The third-order valence-corrected chi connectivity index (χ3v) is 3.49. The first-order valence-electron chi connectivity index (χ1n) is 6.24. The van der Waals surface area contributed by atoms with E-state index in [9.17, 15) is 0 Å². The first kappa shape index (κ1) is 10.9. The van der Waals surface area contributed by atoms with Crippen molar-refractivity contribution in [3.8, 4) is 0 Å². The number of hydrogen-bond donors (Lipinski definition) is 1. The molecule has 0 aromatic heterocycles. The Morgan fingerprint density at radius 1 is 1.33 bits per heavy atom. The van der Waals surface area contributed by atoms with E-state index < -0.39 is 0 Å². The first-order chi connectivity index (χ1) is 7.36. The molecule has 3 heteroatoms. The van der Waals surface area contributed by atoms with E-state index in [1.54, 1.807) is 0 Å². The van der Waals surface area contributed by atoms with Gasteiger partial charge in [-0.05, 0) is 38.5 Å². The van der Waals surface area contributed by atoms with Gasteiger partial charge >= 0.3 is 0 Å². The van der Waals surface area contributed by atoms with E-state index in [2.05, 4.69) is 17.2 Å². The molecule has 0 aromatic carbocycles. The molecule has 0 aliphatic carbocycles. The van der Waals surface area contributed by atoms with Gasteiger partial charge in [0.25, 0.3) is 0 Å². The largest absolute Gasteiger partial charge is 0.381 e. The van der Waals surface area contributed by atoms with E-state index in [0.29, 0.717) is 6.04 Å². The maximum atomic E-state index is 5.38. The molecule has 1 unspecified atom stereocenters. The van der Waals surface area contributed by atoms with Crippen molar-refractivity contribution in [3.63, 3.8) is 0 Å². The van der Waals surface area contributed by atoms with Gasteiger partial charge in [-0.3, -0.25) is 4.99 Å². The highest BCUT2D eigenvalue weighted by Gasteiger charge is 2.21. The van der Waals surface area contributed by atoms with Crippen LogP contribution in [0.3, 0.4) is 0 Å². The third-order valence-electron chi connectivity index (χ3n) is 3.49. The monoisotopic (exact) mass is 210 g/mol. The number of nitrogens with one attached hydrogen (secondary N) is 1. The van der Waals surface area contributed by atoms with Crippen LogP contribution in [-0.4, -0.2) is 31.6 Å². The van der Waals surface area contributed by atoms with Crippen molar-refractivity contribution in [2.24, 2.45) is 10.9 Å². The van der Waals surface area contributed by atoms with E-state index in [1.165, 1.54) is 31.5 Å². The van der Waals surface area contributed by atoms with Gasteiger partial charge in [0.2, 0.25) is 0 Å². The van der Waals surface area contributed by atoms with Gasteiger partial charge in [-0.25, -0.2) is 0 Å². The van der Waals surface area contributed by atoms with Crippen LogP contribution in [-0.2, 0) is 4.74 Å². The Labute approximate surface area is 92.3 Å². The molecule has 0 aromatic rings. The number of hydrogen-bond acceptors (Lipinski definition) is 3. The second kappa shape index (κ2) is 5.50. The van der Waals surface area contributed by atoms with Crippen LogP contribution in [0.15, 0.2) is 4.99 Å². The Morgan fingerprint density at radius 3 is 2.80 bits per heavy atom. The van der Waals surface area contributed by atoms with E-state index >= 15 is 0 Å². The van der Waals surface area contributed by atoms with Crippen LogP contribution >= 0.6 is 0 Å². The van der Waals surface area contributed by atoms with E-state index in [4.69, 9.17) is 4.74 Å². The van der Waals surface area contributed by atoms with Gasteiger partial charge in [0.1, 0.15) is 0 Å². The molecule has 2 aliphatic heterocycles. The summed E-state index contributed by atoms with van der Waals surface area (Å²) < 4.78 is 5.38. The summed E-state index contributed by atoms with van der Waals surface area (Å²) in [7, 11) is 0. The Kier molecular flexibility index (Phi) is 4.01. The van der Waals surface area contributed by atoms with Crippen LogP contribution < -0.4 is 5.32 Å². The minimum atomic E-state index is 0.561. The molecule has 0 bridgehead atoms. The van der Waals surface area contributed by atoms with Crippen LogP contribution in [0.2, 0.25) is 0 Å². The zero-order valence-corrected chi connectivity index (χ0v) is 9.67. The van der Waals surface area contributed by atoms with Crippen molar-refractivity contribution in [2.75, 3.05) is 19.8 Å². The second-order valence-electron chi connectivity index (χ2n) is 4.67. The average Bonchev–Trinajstić information content (AvgIpc) is 2.31. The molecule has 15 heavy (non-hydrogen) atoms. The average molecular weight is 210 g/mol. The lowest BCUT2D eigenvalue weighted by atomic mass is 9.92. The number of ether oxygens (including phenoxy) is 1. The molecule has 2 heterocycles. The van der Waals surface area contributed by atoms with Crippen LogP contribution in [0.25, 0.3) is 0 Å². The van der Waals surface area contributed by atoms with Crippen molar-refractivity contribution < 1.29 is 4.74 Å². The standard InChI is InChI=1S/C12H22N2O/c1-10(11-5-8-15-9-6-11)14-12-4-2-3-7-13-12/h10-11H,2-9H2,1H3,(H,13,14). The Balaban J connectivity index is 1.79. The molecular formula is C12H22N2O. The van der Waals surface area contributed by atoms with Crippen LogP contribution in [0.4, 0.5) is 0 Å². The highest BCUT2D eigenvalue weighted by Crippen LogP contribution is 2.19. The smallest absolute Gasteiger partial charge is 0.0965 e. The molecule has 2 rings (SSSR count). The van der Waals surface area contributed by atoms with Crippen LogP contribution in [0, 0.1) is 5.92 Å². The predicted molar refractivity (Wildman–Crippen MR) is 62.3 cm³/mol. The zero-order chi connectivity index (χ0) is 10.5. The van der Waals surface area contributed by atoms with Gasteiger partial charge in [-0.2, -0.15) is 0 Å². The third kappa shape index (κ3) is 3.20. The maximum absolute atomic E-state index is 5.38. The van der Waals surface area contributed by atoms with Gasteiger partial charge < -0.3 is 10.1 Å². The summed E-state index contributed by atoms with van der Waals surface area (Å²) in [5.41, 5.74) is 0. The summed E-state index contributed by atoms with van der Waals surface area (Å²) in [5, 5.41) is 3.58. The highest BCUT2D eigenvalue weighted by atomic mass is 16.5. The van der Waals surface area contributed by atoms with Gasteiger partial charge in [0, 0.05) is 32.2 Å². The summed E-state index contributed by atoms with van der Waals surface area (Å²) in [6, 6.07) is 0.561. The van der Waals surface area contributed by atoms with Crippen molar-refractivity contribution in [3.05, 3.63) is 0 Å². The molecule has 1 saturated heterocycles. The van der Waals surface area contributed by atoms with E-state index in [1.807, 2.05) is 0 Å². The molecule has 86 valence electrons. The summed E-state index contributed by atoms with van der Waals surface area (Å²) in [4.78, 5) is 4.54. The summed E-state index contributed by atoms with van der Waals surface area (Å²) in [6.45, 7) is 5.17. The minimum Gasteiger partial charge on any atom is -0.381 e. The Morgan fingerprint density at radius 2 is 2.13 bits per heavy atom. The van der Waals surface area contributed by atoms with Gasteiger partial charge in [-0.15, -0.1) is 0 Å².